The van der Waals surface area contributed by atoms with E-state index in [1.54, 1.807) is 0 Å². The number of thioether (sulfide) groups is 1. The molecule has 2 N–H and O–H groups in total. The standard InChI is InChI=1S/C16H18N4O4S/c1-3-9-17-15(22)18-13(21)10-25-16-20-19-14(24-16)11-5-7-12(8-6-11)23-4-2/h3,5-8H,1,4,9-10H2,2H3,(H2,17,18,21,22). The molecule has 8 nitrogen and oxygen atoms in total. The fourth-order valence-electron chi connectivity index (χ4n) is 1.74. The summed E-state index contributed by atoms with van der Waals surface area (Å²) in [5, 5.41) is 12.7. The van der Waals surface area contributed by atoms with Crippen LogP contribution < -0.4 is 15.4 Å². The molecule has 1 aromatic heterocycles. The summed E-state index contributed by atoms with van der Waals surface area (Å²) in [7, 11) is 0. The van der Waals surface area contributed by atoms with E-state index in [1.807, 2.05) is 31.2 Å². The number of imide groups is 1. The van der Waals surface area contributed by atoms with Gasteiger partial charge in [-0.1, -0.05) is 17.8 Å². The molecule has 0 atom stereocenters. The molecule has 0 aliphatic rings. The van der Waals surface area contributed by atoms with Crippen molar-refractivity contribution in [2.45, 2.75) is 12.1 Å². The van der Waals surface area contributed by atoms with Gasteiger partial charge >= 0.3 is 6.03 Å². The summed E-state index contributed by atoms with van der Waals surface area (Å²) in [6, 6.07) is 6.66. The quantitative estimate of drug-likeness (QED) is 0.548. The maximum absolute atomic E-state index is 11.6. The van der Waals surface area contributed by atoms with Crippen LogP contribution in [0.1, 0.15) is 6.92 Å². The molecular formula is C16H18N4O4S. The van der Waals surface area contributed by atoms with Crippen molar-refractivity contribution in [3.63, 3.8) is 0 Å². The Hall–Kier alpha value is -2.81. The first-order valence-electron chi connectivity index (χ1n) is 7.50. The molecule has 0 saturated heterocycles. The predicted molar refractivity (Wildman–Crippen MR) is 93.4 cm³/mol. The highest BCUT2D eigenvalue weighted by molar-refractivity contribution is 7.99. The summed E-state index contributed by atoms with van der Waals surface area (Å²) in [6.07, 6.45) is 1.51. The minimum absolute atomic E-state index is 0.0214. The first kappa shape index (κ1) is 18.5. The second kappa shape index (κ2) is 9.48. The molecule has 0 aliphatic carbocycles. The Morgan fingerprint density at radius 3 is 2.76 bits per heavy atom. The Morgan fingerprint density at radius 1 is 1.32 bits per heavy atom. The first-order chi connectivity index (χ1) is 12.1. The molecule has 25 heavy (non-hydrogen) atoms. The summed E-state index contributed by atoms with van der Waals surface area (Å²) in [6.45, 7) is 6.25. The molecule has 9 heteroatoms. The first-order valence-corrected chi connectivity index (χ1v) is 8.49. The monoisotopic (exact) mass is 362 g/mol. The van der Waals surface area contributed by atoms with E-state index in [1.165, 1.54) is 6.08 Å². The van der Waals surface area contributed by atoms with Gasteiger partial charge in [-0.05, 0) is 31.2 Å². The molecule has 3 amide bonds. The summed E-state index contributed by atoms with van der Waals surface area (Å²) in [5.41, 5.74) is 0.746. The van der Waals surface area contributed by atoms with E-state index in [4.69, 9.17) is 9.15 Å². The number of aromatic nitrogens is 2. The number of carbonyl (C=O) groups excluding carboxylic acids is 2. The molecule has 1 aromatic carbocycles. The minimum atomic E-state index is -0.578. The smallest absolute Gasteiger partial charge is 0.321 e. The number of amides is 3. The highest BCUT2D eigenvalue weighted by Gasteiger charge is 2.12. The number of hydrogen-bond acceptors (Lipinski definition) is 7. The van der Waals surface area contributed by atoms with E-state index in [0.29, 0.717) is 12.5 Å². The molecule has 0 unspecified atom stereocenters. The molecule has 132 valence electrons. The molecule has 1 heterocycles. The van der Waals surface area contributed by atoms with Gasteiger partial charge in [-0.3, -0.25) is 10.1 Å². The van der Waals surface area contributed by atoms with E-state index < -0.39 is 11.9 Å². The molecule has 0 aliphatic heterocycles. The van der Waals surface area contributed by atoms with Crippen LogP contribution >= 0.6 is 11.8 Å². The van der Waals surface area contributed by atoms with Gasteiger partial charge in [0.15, 0.2) is 0 Å². The lowest BCUT2D eigenvalue weighted by atomic mass is 10.2. The predicted octanol–water partition coefficient (Wildman–Crippen LogP) is 2.24. The van der Waals surface area contributed by atoms with Crippen molar-refractivity contribution < 1.29 is 18.7 Å². The van der Waals surface area contributed by atoms with Crippen LogP contribution in [0.4, 0.5) is 4.79 Å². The number of benzene rings is 1. The fourth-order valence-corrected chi connectivity index (χ4v) is 2.31. The third kappa shape index (κ3) is 5.96. The molecule has 2 aromatic rings. The topological polar surface area (TPSA) is 106 Å². The van der Waals surface area contributed by atoms with Gasteiger partial charge in [-0.15, -0.1) is 16.8 Å². The van der Waals surface area contributed by atoms with Gasteiger partial charge in [0.05, 0.1) is 12.4 Å². The Kier molecular flexibility index (Phi) is 7.02. The Labute approximate surface area is 149 Å². The summed E-state index contributed by atoms with van der Waals surface area (Å²) in [5.74, 6) is 0.612. The van der Waals surface area contributed by atoms with Crippen LogP contribution in [0, 0.1) is 0 Å². The zero-order valence-corrected chi connectivity index (χ0v) is 14.5. The van der Waals surface area contributed by atoms with Crippen molar-refractivity contribution in [2.75, 3.05) is 18.9 Å². The van der Waals surface area contributed by atoms with E-state index in [9.17, 15) is 9.59 Å². The summed E-state index contributed by atoms with van der Waals surface area (Å²) in [4.78, 5) is 23.0. The van der Waals surface area contributed by atoms with Gasteiger partial charge in [-0.2, -0.15) is 0 Å². The number of carbonyl (C=O) groups is 2. The third-order valence-corrected chi connectivity index (χ3v) is 3.62. The van der Waals surface area contributed by atoms with Crippen LogP contribution in [-0.4, -0.2) is 41.0 Å². The molecular weight excluding hydrogens is 344 g/mol. The normalized spacial score (nSPS) is 10.1. The lowest BCUT2D eigenvalue weighted by Crippen LogP contribution is -2.40. The number of rotatable bonds is 8. The minimum Gasteiger partial charge on any atom is -0.494 e. The number of nitrogens with one attached hydrogen (secondary N) is 2. The fraction of sp³-hybridized carbons (Fsp3) is 0.250. The van der Waals surface area contributed by atoms with E-state index >= 15 is 0 Å². The highest BCUT2D eigenvalue weighted by Crippen LogP contribution is 2.24. The number of urea groups is 1. The SMILES string of the molecule is C=CCNC(=O)NC(=O)CSc1nnc(-c2ccc(OCC)cc2)o1. The molecule has 0 saturated carbocycles. The maximum Gasteiger partial charge on any atom is 0.321 e. The van der Waals surface area contributed by atoms with Gasteiger partial charge in [0.2, 0.25) is 11.8 Å². The van der Waals surface area contributed by atoms with Gasteiger partial charge in [-0.25, -0.2) is 4.79 Å². The van der Waals surface area contributed by atoms with Gasteiger partial charge < -0.3 is 14.5 Å². The van der Waals surface area contributed by atoms with Crippen LogP contribution in [0.5, 0.6) is 5.75 Å². The second-order valence-corrected chi connectivity index (χ2v) is 5.59. The summed E-state index contributed by atoms with van der Waals surface area (Å²) >= 11 is 1.04. The van der Waals surface area contributed by atoms with Crippen LogP contribution in [-0.2, 0) is 4.79 Å². The Bertz CT molecular complexity index is 730. The van der Waals surface area contributed by atoms with Crippen molar-refractivity contribution in [1.29, 1.82) is 0 Å². The largest absolute Gasteiger partial charge is 0.494 e. The zero-order chi connectivity index (χ0) is 18.1. The van der Waals surface area contributed by atoms with Gasteiger partial charge in [0.25, 0.3) is 5.22 Å². The van der Waals surface area contributed by atoms with Gasteiger partial charge in [0, 0.05) is 12.1 Å². The van der Waals surface area contributed by atoms with E-state index in [-0.39, 0.29) is 17.5 Å². The lowest BCUT2D eigenvalue weighted by molar-refractivity contribution is -0.117. The Balaban J connectivity index is 1.85. The van der Waals surface area contributed by atoms with Crippen molar-refractivity contribution in [3.8, 4) is 17.2 Å². The average molecular weight is 362 g/mol. The second-order valence-electron chi connectivity index (χ2n) is 4.67. The van der Waals surface area contributed by atoms with E-state index in [0.717, 1.165) is 23.1 Å². The average Bonchev–Trinajstić information content (AvgIpc) is 3.08. The third-order valence-electron chi connectivity index (χ3n) is 2.81. The summed E-state index contributed by atoms with van der Waals surface area (Å²) < 4.78 is 10.9. The molecule has 0 radical (unpaired) electrons. The van der Waals surface area contributed by atoms with E-state index in [2.05, 4.69) is 27.4 Å². The highest BCUT2D eigenvalue weighted by atomic mass is 32.2. The van der Waals surface area contributed by atoms with Gasteiger partial charge in [0.1, 0.15) is 5.75 Å². The zero-order valence-electron chi connectivity index (χ0n) is 13.7. The molecule has 2 rings (SSSR count). The van der Waals surface area contributed by atoms with Crippen molar-refractivity contribution >= 4 is 23.7 Å². The molecule has 0 bridgehead atoms. The van der Waals surface area contributed by atoms with Crippen molar-refractivity contribution in [3.05, 3.63) is 36.9 Å². The van der Waals surface area contributed by atoms with Crippen LogP contribution in [0.15, 0.2) is 46.6 Å². The number of nitrogens with zero attached hydrogens (tertiary/aromatic N) is 2. The number of hydrogen-bond donors (Lipinski definition) is 2. The van der Waals surface area contributed by atoms with Crippen LogP contribution in [0.2, 0.25) is 0 Å². The lowest BCUT2D eigenvalue weighted by Gasteiger charge is -2.03. The van der Waals surface area contributed by atoms with Crippen LogP contribution in [0.3, 0.4) is 0 Å². The number of ether oxygens (including phenoxy) is 1. The molecule has 0 fully saturated rings. The van der Waals surface area contributed by atoms with Crippen molar-refractivity contribution in [1.82, 2.24) is 20.8 Å². The maximum atomic E-state index is 11.6. The Morgan fingerprint density at radius 2 is 2.08 bits per heavy atom. The molecule has 0 spiro atoms. The van der Waals surface area contributed by atoms with Crippen molar-refractivity contribution in [2.24, 2.45) is 0 Å². The van der Waals surface area contributed by atoms with Crippen LogP contribution in [0.25, 0.3) is 11.5 Å².